The Hall–Kier alpha value is -1.02. The van der Waals surface area contributed by atoms with E-state index in [1.807, 2.05) is 0 Å². The van der Waals surface area contributed by atoms with Crippen LogP contribution in [0.4, 0.5) is 26.3 Å². The third kappa shape index (κ3) is 1.81. The molecule has 1 saturated heterocycles. The van der Waals surface area contributed by atoms with E-state index in [2.05, 4.69) is 0 Å². The Bertz CT molecular complexity index is 520. The van der Waals surface area contributed by atoms with Crippen molar-refractivity contribution in [3.63, 3.8) is 0 Å². The maximum absolute atomic E-state index is 13.3. The minimum atomic E-state index is -5.22. The molecule has 6 atom stereocenters. The van der Waals surface area contributed by atoms with Gasteiger partial charge >= 0.3 is 12.4 Å². The molecule has 2 bridgehead atoms. The molecule has 1 aliphatic carbocycles. The quantitative estimate of drug-likeness (QED) is 0.550. The van der Waals surface area contributed by atoms with E-state index >= 15 is 0 Å². The lowest BCUT2D eigenvalue weighted by Crippen LogP contribution is -2.58. The fourth-order valence-electron chi connectivity index (χ4n) is 3.58. The van der Waals surface area contributed by atoms with Gasteiger partial charge in [-0.3, -0.25) is 0 Å². The van der Waals surface area contributed by atoms with Crippen LogP contribution < -0.4 is 0 Å². The zero-order chi connectivity index (χ0) is 15.8. The second-order valence-electron chi connectivity index (χ2n) is 5.83. The van der Waals surface area contributed by atoms with Gasteiger partial charge in [-0.1, -0.05) is 18.2 Å². The highest BCUT2D eigenvalue weighted by Crippen LogP contribution is 2.60. The monoisotopic (exact) mass is 314 g/mol. The Labute approximate surface area is 116 Å². The van der Waals surface area contributed by atoms with Crippen LogP contribution in [0.25, 0.3) is 0 Å². The average Bonchev–Trinajstić information content (AvgIpc) is 2.90. The zero-order valence-corrected chi connectivity index (χ0v) is 10.7. The number of halogens is 6. The molecule has 0 aromatic heterocycles. The van der Waals surface area contributed by atoms with Crippen LogP contribution in [0.3, 0.4) is 0 Å². The van der Waals surface area contributed by atoms with Crippen LogP contribution in [0.5, 0.6) is 0 Å². The number of aliphatic hydroxyl groups is 1. The maximum atomic E-state index is 13.3. The summed E-state index contributed by atoms with van der Waals surface area (Å²) < 4.78 is 84.5. The molecular weight excluding hydrogens is 302 g/mol. The Kier molecular flexibility index (Phi) is 2.86. The van der Waals surface area contributed by atoms with Crippen molar-refractivity contribution < 1.29 is 36.2 Å². The lowest BCUT2D eigenvalue weighted by molar-refractivity contribution is -0.264. The molecule has 21 heavy (non-hydrogen) atoms. The Morgan fingerprint density at radius 1 is 1.10 bits per heavy atom. The van der Waals surface area contributed by atoms with Crippen molar-refractivity contribution in [1.29, 1.82) is 0 Å². The van der Waals surface area contributed by atoms with E-state index in [9.17, 15) is 31.4 Å². The number of aliphatic hydroxyl groups excluding tert-OH is 1. The number of hydrogen-bond acceptors (Lipinski definition) is 2. The van der Waals surface area contributed by atoms with Crippen LogP contribution in [0.2, 0.25) is 0 Å². The van der Waals surface area contributed by atoms with Crippen molar-refractivity contribution in [2.75, 3.05) is 0 Å². The Morgan fingerprint density at radius 2 is 1.67 bits per heavy atom. The average molecular weight is 314 g/mol. The lowest BCUT2D eigenvalue weighted by atomic mass is 9.61. The van der Waals surface area contributed by atoms with Gasteiger partial charge in [-0.25, -0.2) is 0 Å². The molecular formula is C13H12F6O2. The molecule has 0 amide bonds. The normalized spacial score (nSPS) is 45.7. The number of alkyl halides is 6. The third-order valence-electron chi connectivity index (χ3n) is 4.78. The highest BCUT2D eigenvalue weighted by molar-refractivity contribution is 5.34. The summed E-state index contributed by atoms with van der Waals surface area (Å²) in [5, 5.41) is 10.1. The highest BCUT2D eigenvalue weighted by Gasteiger charge is 2.70. The third-order valence-corrected chi connectivity index (χ3v) is 4.78. The van der Waals surface area contributed by atoms with E-state index in [0.717, 1.165) is 0 Å². The first-order chi connectivity index (χ1) is 9.48. The minimum absolute atomic E-state index is 0.406. The highest BCUT2D eigenvalue weighted by atomic mass is 19.4. The number of rotatable bonds is 0. The fourth-order valence-corrected chi connectivity index (χ4v) is 3.58. The molecule has 0 aromatic rings. The van der Waals surface area contributed by atoms with Crippen LogP contribution in [-0.4, -0.2) is 35.8 Å². The van der Waals surface area contributed by atoms with Crippen LogP contribution in [-0.2, 0) is 4.74 Å². The van der Waals surface area contributed by atoms with Gasteiger partial charge in [-0.05, 0) is 6.92 Å². The minimum Gasteiger partial charge on any atom is -0.391 e. The topological polar surface area (TPSA) is 29.5 Å². The van der Waals surface area contributed by atoms with E-state index in [-0.39, 0.29) is 0 Å². The summed E-state index contributed by atoms with van der Waals surface area (Å²) in [7, 11) is 0. The van der Waals surface area contributed by atoms with Gasteiger partial charge in [0.05, 0.1) is 18.3 Å². The first-order valence-electron chi connectivity index (χ1n) is 6.36. The van der Waals surface area contributed by atoms with Crippen molar-refractivity contribution in [2.45, 2.75) is 37.6 Å². The van der Waals surface area contributed by atoms with Crippen molar-refractivity contribution >= 4 is 0 Å². The van der Waals surface area contributed by atoms with Gasteiger partial charge in [0.15, 0.2) is 0 Å². The number of fused-ring (bicyclic) bond motifs is 5. The summed E-state index contributed by atoms with van der Waals surface area (Å²) in [6.45, 7) is 0.406. The number of ether oxygens (including phenoxy) is 1. The van der Waals surface area contributed by atoms with Gasteiger partial charge < -0.3 is 9.84 Å². The second kappa shape index (κ2) is 4.04. The summed E-state index contributed by atoms with van der Waals surface area (Å²) >= 11 is 0. The van der Waals surface area contributed by atoms with Crippen LogP contribution in [0, 0.1) is 17.3 Å². The Morgan fingerprint density at radius 3 is 2.19 bits per heavy atom. The molecule has 1 fully saturated rings. The van der Waals surface area contributed by atoms with Crippen molar-refractivity contribution in [2.24, 2.45) is 17.3 Å². The lowest BCUT2D eigenvalue weighted by Gasteiger charge is -2.47. The van der Waals surface area contributed by atoms with Crippen LogP contribution in [0.15, 0.2) is 23.8 Å². The summed E-state index contributed by atoms with van der Waals surface area (Å²) in [5.74, 6) is -1.90. The van der Waals surface area contributed by atoms with Gasteiger partial charge in [-0.2, -0.15) is 26.3 Å². The SMILES string of the molecule is C[C@]1(C(F)(F)F)C(C(F)(F)F)=C[C@H]2[C@H]([C@@H]3C=C[C@H]2O3)[C@@H]1O. The Balaban J connectivity index is 2.17. The van der Waals surface area contributed by atoms with E-state index in [1.165, 1.54) is 12.2 Å². The number of hydrogen-bond donors (Lipinski definition) is 1. The molecule has 0 saturated carbocycles. The largest absolute Gasteiger partial charge is 0.413 e. The summed E-state index contributed by atoms with van der Waals surface area (Å²) in [5.41, 5.74) is -5.09. The van der Waals surface area contributed by atoms with Crippen molar-refractivity contribution in [3.05, 3.63) is 23.8 Å². The summed E-state index contributed by atoms with van der Waals surface area (Å²) in [4.78, 5) is 0. The van der Waals surface area contributed by atoms with E-state index < -0.39 is 53.5 Å². The van der Waals surface area contributed by atoms with Crippen LogP contribution in [0.1, 0.15) is 6.92 Å². The fraction of sp³-hybridized carbons (Fsp3) is 0.692. The molecule has 8 heteroatoms. The zero-order valence-electron chi connectivity index (χ0n) is 10.7. The predicted molar refractivity (Wildman–Crippen MR) is 59.1 cm³/mol. The molecule has 3 aliphatic rings. The first kappa shape index (κ1) is 14.9. The molecule has 0 unspecified atom stereocenters. The van der Waals surface area contributed by atoms with E-state index in [4.69, 9.17) is 4.74 Å². The molecule has 0 spiro atoms. The van der Waals surface area contributed by atoms with Gasteiger partial charge in [0.25, 0.3) is 0 Å². The van der Waals surface area contributed by atoms with Gasteiger partial charge in [0.1, 0.15) is 5.41 Å². The predicted octanol–water partition coefficient (Wildman–Crippen LogP) is 2.99. The van der Waals surface area contributed by atoms with Crippen LogP contribution >= 0.6 is 0 Å². The molecule has 0 radical (unpaired) electrons. The molecule has 0 aromatic carbocycles. The summed E-state index contributed by atoms with van der Waals surface area (Å²) in [6, 6.07) is 0. The molecule has 2 heterocycles. The van der Waals surface area contributed by atoms with Gasteiger partial charge in [0, 0.05) is 17.4 Å². The van der Waals surface area contributed by atoms with E-state index in [1.54, 1.807) is 0 Å². The van der Waals surface area contributed by atoms with E-state index in [0.29, 0.717) is 13.0 Å². The molecule has 3 rings (SSSR count). The molecule has 118 valence electrons. The smallest absolute Gasteiger partial charge is 0.391 e. The maximum Gasteiger partial charge on any atom is 0.413 e. The molecule has 2 aliphatic heterocycles. The summed E-state index contributed by atoms with van der Waals surface area (Å²) in [6.07, 6.45) is -10.4. The van der Waals surface area contributed by atoms with Gasteiger partial charge in [0.2, 0.25) is 0 Å². The molecule has 1 N–H and O–H groups in total. The first-order valence-corrected chi connectivity index (χ1v) is 6.36. The molecule has 2 nitrogen and oxygen atoms in total. The van der Waals surface area contributed by atoms with Gasteiger partial charge in [-0.15, -0.1) is 0 Å². The van der Waals surface area contributed by atoms with Crippen molar-refractivity contribution in [3.8, 4) is 0 Å². The second-order valence-corrected chi connectivity index (χ2v) is 5.83. The standard InChI is InChI=1S/C13H12F6O2/c1-11(13(17,18)19)8(12(14,15)16)4-5-6-2-3-7(21-6)9(5)10(11)20/h2-7,9-10,20H,1H3/t5-,6-,7+,9-,10+,11+/m1/s1. The van der Waals surface area contributed by atoms with Crippen molar-refractivity contribution in [1.82, 2.24) is 0 Å².